The predicted octanol–water partition coefficient (Wildman–Crippen LogP) is -0.0750. The van der Waals surface area contributed by atoms with Crippen LogP contribution >= 0.6 is 0 Å². The standard InChI is InChI=1S/C10H21NO4/c1-4-15-10(13)5-8(2)11-6-9(12)7-14-3/h8-9,11-12H,4-7H2,1-3H3. The van der Waals surface area contributed by atoms with Gasteiger partial charge < -0.3 is 19.9 Å². The quantitative estimate of drug-likeness (QED) is 0.559. The fourth-order valence-electron chi connectivity index (χ4n) is 1.13. The number of aliphatic hydroxyl groups excluding tert-OH is 1. The summed E-state index contributed by atoms with van der Waals surface area (Å²) in [6.07, 6.45) is -0.229. The fraction of sp³-hybridized carbons (Fsp3) is 0.900. The first-order valence-electron chi connectivity index (χ1n) is 5.16. The molecule has 2 atom stereocenters. The highest BCUT2D eigenvalue weighted by molar-refractivity contribution is 5.69. The summed E-state index contributed by atoms with van der Waals surface area (Å²) in [5.74, 6) is -0.223. The molecule has 0 saturated carbocycles. The van der Waals surface area contributed by atoms with Crippen LogP contribution in [-0.4, -0.2) is 50.1 Å². The normalized spacial score (nSPS) is 14.7. The van der Waals surface area contributed by atoms with Gasteiger partial charge in [0.25, 0.3) is 0 Å². The lowest BCUT2D eigenvalue weighted by molar-refractivity contribution is -0.143. The molecular weight excluding hydrogens is 198 g/mol. The number of hydrogen-bond donors (Lipinski definition) is 2. The van der Waals surface area contributed by atoms with Crippen LogP contribution in [0.5, 0.6) is 0 Å². The number of ether oxygens (including phenoxy) is 2. The Morgan fingerprint density at radius 1 is 1.53 bits per heavy atom. The van der Waals surface area contributed by atoms with Crippen LogP contribution < -0.4 is 5.32 Å². The number of nitrogens with one attached hydrogen (secondary N) is 1. The lowest BCUT2D eigenvalue weighted by Crippen LogP contribution is -2.37. The van der Waals surface area contributed by atoms with Crippen molar-refractivity contribution in [1.82, 2.24) is 5.32 Å². The minimum atomic E-state index is -0.542. The maximum atomic E-state index is 11.1. The van der Waals surface area contributed by atoms with Crippen LogP contribution in [0, 0.1) is 0 Å². The highest BCUT2D eigenvalue weighted by Crippen LogP contribution is 1.94. The molecule has 0 radical (unpaired) electrons. The van der Waals surface area contributed by atoms with Crippen molar-refractivity contribution < 1.29 is 19.4 Å². The SMILES string of the molecule is CCOC(=O)CC(C)NCC(O)COC. The number of rotatable bonds is 8. The van der Waals surface area contributed by atoms with E-state index in [2.05, 4.69) is 5.32 Å². The number of carbonyl (C=O) groups is 1. The summed E-state index contributed by atoms with van der Waals surface area (Å²) in [6, 6.07) is -0.00411. The van der Waals surface area contributed by atoms with E-state index in [0.717, 1.165) is 0 Å². The van der Waals surface area contributed by atoms with Gasteiger partial charge in [0.2, 0.25) is 0 Å². The first-order valence-corrected chi connectivity index (χ1v) is 5.16. The van der Waals surface area contributed by atoms with Gasteiger partial charge in [0.1, 0.15) is 0 Å². The van der Waals surface area contributed by atoms with E-state index in [1.54, 1.807) is 6.92 Å². The van der Waals surface area contributed by atoms with Crippen molar-refractivity contribution in [1.29, 1.82) is 0 Å². The van der Waals surface area contributed by atoms with E-state index in [0.29, 0.717) is 26.2 Å². The lowest BCUT2D eigenvalue weighted by Gasteiger charge is -2.15. The summed E-state index contributed by atoms with van der Waals surface area (Å²) >= 11 is 0. The van der Waals surface area contributed by atoms with E-state index in [4.69, 9.17) is 9.47 Å². The second kappa shape index (κ2) is 8.64. The first kappa shape index (κ1) is 14.3. The van der Waals surface area contributed by atoms with E-state index < -0.39 is 6.10 Å². The third-order valence-corrected chi connectivity index (χ3v) is 1.84. The molecule has 0 aliphatic carbocycles. The molecule has 0 aromatic carbocycles. The van der Waals surface area contributed by atoms with Crippen molar-refractivity contribution in [2.75, 3.05) is 26.9 Å². The van der Waals surface area contributed by atoms with Gasteiger partial charge in [-0.15, -0.1) is 0 Å². The third kappa shape index (κ3) is 8.35. The van der Waals surface area contributed by atoms with E-state index in [-0.39, 0.29) is 12.0 Å². The number of carbonyl (C=O) groups excluding carboxylic acids is 1. The van der Waals surface area contributed by atoms with Gasteiger partial charge in [-0.2, -0.15) is 0 Å². The molecule has 90 valence electrons. The van der Waals surface area contributed by atoms with Gasteiger partial charge in [0.05, 0.1) is 25.7 Å². The Balaban J connectivity index is 3.56. The average Bonchev–Trinajstić information content (AvgIpc) is 2.15. The van der Waals surface area contributed by atoms with Crippen molar-refractivity contribution in [2.45, 2.75) is 32.4 Å². The van der Waals surface area contributed by atoms with Crippen molar-refractivity contribution in [3.05, 3.63) is 0 Å². The molecular formula is C10H21NO4. The number of aliphatic hydroxyl groups is 1. The summed E-state index contributed by atoms with van der Waals surface area (Å²) in [7, 11) is 1.53. The Bertz CT molecular complexity index is 175. The Morgan fingerprint density at radius 3 is 2.73 bits per heavy atom. The molecule has 0 spiro atoms. The van der Waals surface area contributed by atoms with Crippen LogP contribution in [0.3, 0.4) is 0 Å². The summed E-state index contributed by atoms with van der Waals surface area (Å²) in [4.78, 5) is 11.1. The van der Waals surface area contributed by atoms with Gasteiger partial charge in [0.15, 0.2) is 0 Å². The smallest absolute Gasteiger partial charge is 0.307 e. The molecule has 0 saturated heterocycles. The Hall–Kier alpha value is -0.650. The van der Waals surface area contributed by atoms with E-state index in [1.165, 1.54) is 7.11 Å². The topological polar surface area (TPSA) is 67.8 Å². The van der Waals surface area contributed by atoms with Crippen molar-refractivity contribution in [3.8, 4) is 0 Å². The minimum absolute atomic E-state index is 0.00411. The largest absolute Gasteiger partial charge is 0.466 e. The van der Waals surface area contributed by atoms with Crippen LogP contribution in [0.4, 0.5) is 0 Å². The molecule has 0 aromatic rings. The molecule has 0 amide bonds. The number of esters is 1. The molecule has 0 aliphatic heterocycles. The maximum absolute atomic E-state index is 11.1. The van der Waals surface area contributed by atoms with Crippen LogP contribution in [0.15, 0.2) is 0 Å². The second-order valence-corrected chi connectivity index (χ2v) is 3.43. The maximum Gasteiger partial charge on any atom is 0.307 e. The molecule has 0 aliphatic rings. The highest BCUT2D eigenvalue weighted by atomic mass is 16.5. The predicted molar refractivity (Wildman–Crippen MR) is 56.6 cm³/mol. The molecule has 5 nitrogen and oxygen atoms in total. The van der Waals surface area contributed by atoms with Crippen LogP contribution in [0.1, 0.15) is 20.3 Å². The van der Waals surface area contributed by atoms with Crippen molar-refractivity contribution in [3.63, 3.8) is 0 Å². The van der Waals surface area contributed by atoms with E-state index in [9.17, 15) is 9.90 Å². The Kier molecular flexibility index (Phi) is 8.27. The zero-order valence-corrected chi connectivity index (χ0v) is 9.66. The zero-order valence-electron chi connectivity index (χ0n) is 9.66. The lowest BCUT2D eigenvalue weighted by atomic mass is 10.2. The molecule has 0 bridgehead atoms. The summed E-state index contributed by atoms with van der Waals surface area (Å²) in [6.45, 7) is 4.75. The van der Waals surface area contributed by atoms with Crippen LogP contribution in [-0.2, 0) is 14.3 Å². The van der Waals surface area contributed by atoms with Crippen molar-refractivity contribution >= 4 is 5.97 Å². The fourth-order valence-corrected chi connectivity index (χ4v) is 1.13. The van der Waals surface area contributed by atoms with Gasteiger partial charge >= 0.3 is 5.97 Å². The molecule has 2 N–H and O–H groups in total. The first-order chi connectivity index (χ1) is 7.10. The number of methoxy groups -OCH3 is 1. The van der Waals surface area contributed by atoms with Gasteiger partial charge in [-0.3, -0.25) is 4.79 Å². The molecule has 15 heavy (non-hydrogen) atoms. The van der Waals surface area contributed by atoms with E-state index >= 15 is 0 Å². The zero-order chi connectivity index (χ0) is 11.7. The third-order valence-electron chi connectivity index (χ3n) is 1.84. The minimum Gasteiger partial charge on any atom is -0.466 e. The highest BCUT2D eigenvalue weighted by Gasteiger charge is 2.11. The van der Waals surface area contributed by atoms with E-state index in [1.807, 2.05) is 6.92 Å². The monoisotopic (exact) mass is 219 g/mol. The Labute approximate surface area is 90.8 Å². The second-order valence-electron chi connectivity index (χ2n) is 3.43. The molecule has 0 fully saturated rings. The average molecular weight is 219 g/mol. The Morgan fingerprint density at radius 2 is 2.20 bits per heavy atom. The molecule has 5 heteroatoms. The molecule has 0 aromatic heterocycles. The van der Waals surface area contributed by atoms with Crippen LogP contribution in [0.2, 0.25) is 0 Å². The van der Waals surface area contributed by atoms with Gasteiger partial charge in [0, 0.05) is 19.7 Å². The van der Waals surface area contributed by atoms with Crippen molar-refractivity contribution in [2.24, 2.45) is 0 Å². The summed E-state index contributed by atoms with van der Waals surface area (Å²) in [5, 5.41) is 12.4. The summed E-state index contributed by atoms with van der Waals surface area (Å²) < 4.78 is 9.57. The molecule has 0 heterocycles. The molecule has 0 rings (SSSR count). The van der Waals surface area contributed by atoms with Gasteiger partial charge in [-0.25, -0.2) is 0 Å². The van der Waals surface area contributed by atoms with Crippen LogP contribution in [0.25, 0.3) is 0 Å². The summed E-state index contributed by atoms with van der Waals surface area (Å²) in [5.41, 5.74) is 0. The van der Waals surface area contributed by atoms with Gasteiger partial charge in [-0.1, -0.05) is 0 Å². The van der Waals surface area contributed by atoms with Gasteiger partial charge in [-0.05, 0) is 13.8 Å². The number of hydrogen-bond acceptors (Lipinski definition) is 5. The molecule has 2 unspecified atom stereocenters.